The standard InChI is InChI=1S/C25H26FN5O4S2/c1-17-14-19(16-28-22(17)27-2)30-23(32)25(6-3-7-25)31(24(30)36)18-4-5-21(20(26)15-18)35-11-8-29-9-12-37(33,34)13-10-29/h4-5,14-16H,3,6-13H2,1H3. The predicted molar refractivity (Wildman–Crippen MR) is 141 cm³/mol. The van der Waals surface area contributed by atoms with Gasteiger partial charge >= 0.3 is 0 Å². The molecule has 9 nitrogen and oxygen atoms in total. The maximum absolute atomic E-state index is 15.1. The third-order valence-corrected chi connectivity index (χ3v) is 9.24. The molecule has 1 aliphatic carbocycles. The number of amides is 1. The second-order valence-electron chi connectivity index (χ2n) is 9.55. The molecule has 1 aromatic heterocycles. The van der Waals surface area contributed by atoms with Crippen LogP contribution < -0.4 is 14.5 Å². The highest BCUT2D eigenvalue weighted by Crippen LogP contribution is 2.48. The Bertz CT molecular complexity index is 1410. The van der Waals surface area contributed by atoms with E-state index in [0.29, 0.717) is 49.4 Å². The summed E-state index contributed by atoms with van der Waals surface area (Å²) in [6, 6.07) is 6.28. The molecule has 37 heavy (non-hydrogen) atoms. The number of aromatic nitrogens is 1. The van der Waals surface area contributed by atoms with Crippen LogP contribution in [0.3, 0.4) is 0 Å². The van der Waals surface area contributed by atoms with Crippen LogP contribution in [0.1, 0.15) is 24.8 Å². The Hall–Kier alpha value is -3.14. The largest absolute Gasteiger partial charge is 0.489 e. The Morgan fingerprint density at radius 2 is 1.95 bits per heavy atom. The molecule has 0 unspecified atom stereocenters. The number of sulfone groups is 1. The van der Waals surface area contributed by atoms with Crippen molar-refractivity contribution in [2.24, 2.45) is 0 Å². The first-order chi connectivity index (χ1) is 17.6. The van der Waals surface area contributed by atoms with Crippen LogP contribution in [-0.2, 0) is 14.6 Å². The molecule has 1 spiro atoms. The Morgan fingerprint density at radius 3 is 2.54 bits per heavy atom. The van der Waals surface area contributed by atoms with Crippen LogP contribution in [-0.4, -0.2) is 72.6 Å². The van der Waals surface area contributed by atoms with Gasteiger partial charge in [0.2, 0.25) is 0 Å². The highest BCUT2D eigenvalue weighted by molar-refractivity contribution is 7.91. The smallest absolute Gasteiger partial charge is 0.272 e. The number of hydrogen-bond donors (Lipinski definition) is 0. The van der Waals surface area contributed by atoms with Gasteiger partial charge in [-0.05, 0) is 62.2 Å². The maximum atomic E-state index is 15.1. The van der Waals surface area contributed by atoms with Gasteiger partial charge in [-0.15, -0.1) is 4.98 Å². The fourth-order valence-corrected chi connectivity index (χ4v) is 6.75. The lowest BCUT2D eigenvalue weighted by Gasteiger charge is -2.43. The Morgan fingerprint density at radius 1 is 1.22 bits per heavy atom. The molecule has 1 amide bonds. The van der Waals surface area contributed by atoms with Gasteiger partial charge in [-0.1, -0.05) is 6.57 Å². The molecule has 0 radical (unpaired) electrons. The highest BCUT2D eigenvalue weighted by Gasteiger charge is 2.59. The maximum Gasteiger partial charge on any atom is 0.272 e. The van der Waals surface area contributed by atoms with Gasteiger partial charge in [0.15, 0.2) is 26.5 Å². The molecule has 3 fully saturated rings. The first kappa shape index (κ1) is 25.5. The van der Waals surface area contributed by atoms with Gasteiger partial charge in [0.05, 0.1) is 17.2 Å². The van der Waals surface area contributed by atoms with E-state index in [9.17, 15) is 13.2 Å². The van der Waals surface area contributed by atoms with Crippen LogP contribution in [0.4, 0.5) is 21.6 Å². The van der Waals surface area contributed by atoms with Crippen LogP contribution in [0, 0.1) is 19.3 Å². The summed E-state index contributed by atoms with van der Waals surface area (Å²) in [5.74, 6) is -0.144. The number of anilines is 2. The van der Waals surface area contributed by atoms with Crippen molar-refractivity contribution in [1.29, 1.82) is 0 Å². The van der Waals surface area contributed by atoms with Crippen LogP contribution >= 0.6 is 12.2 Å². The van der Waals surface area contributed by atoms with Crippen LogP contribution in [0.2, 0.25) is 0 Å². The summed E-state index contributed by atoms with van der Waals surface area (Å²) in [5.41, 5.74) is 0.726. The predicted octanol–water partition coefficient (Wildman–Crippen LogP) is 3.25. The van der Waals surface area contributed by atoms with E-state index in [0.717, 1.165) is 6.42 Å². The molecule has 2 aromatic rings. The number of pyridine rings is 1. The monoisotopic (exact) mass is 543 g/mol. The average molecular weight is 544 g/mol. The van der Waals surface area contributed by atoms with E-state index in [4.69, 9.17) is 23.5 Å². The molecule has 3 heterocycles. The molecule has 194 valence electrons. The lowest BCUT2D eigenvalue weighted by atomic mass is 9.75. The normalized spacial score (nSPS) is 20.7. The summed E-state index contributed by atoms with van der Waals surface area (Å²) >= 11 is 5.73. The van der Waals surface area contributed by atoms with Crippen LogP contribution in [0.5, 0.6) is 5.75 Å². The van der Waals surface area contributed by atoms with Crippen molar-refractivity contribution < 1.29 is 22.3 Å². The number of nitrogens with zero attached hydrogens (tertiary/aromatic N) is 5. The van der Waals surface area contributed by atoms with E-state index in [2.05, 4.69) is 9.83 Å². The van der Waals surface area contributed by atoms with E-state index in [-0.39, 0.29) is 40.7 Å². The van der Waals surface area contributed by atoms with Gasteiger partial charge < -0.3 is 14.5 Å². The molecular weight excluding hydrogens is 517 g/mol. The zero-order valence-corrected chi connectivity index (χ0v) is 21.9. The molecule has 0 N–H and O–H groups in total. The van der Waals surface area contributed by atoms with Gasteiger partial charge in [-0.25, -0.2) is 12.8 Å². The number of carbonyl (C=O) groups excluding carboxylic acids is 1. The number of ether oxygens (including phenoxy) is 1. The number of hydrogen-bond acceptors (Lipinski definition) is 7. The molecule has 3 aliphatic rings. The third kappa shape index (κ3) is 4.56. The summed E-state index contributed by atoms with van der Waals surface area (Å²) < 4.78 is 43.9. The molecule has 2 saturated heterocycles. The second kappa shape index (κ2) is 9.63. The minimum absolute atomic E-state index is 0.0823. The van der Waals surface area contributed by atoms with Crippen molar-refractivity contribution in [2.75, 3.05) is 47.5 Å². The minimum Gasteiger partial charge on any atom is -0.489 e. The fourth-order valence-electron chi connectivity index (χ4n) is 5.00. The number of aryl methyl sites for hydroxylation is 1. The minimum atomic E-state index is -2.96. The lowest BCUT2D eigenvalue weighted by Crippen LogP contribution is -2.55. The first-order valence-corrected chi connectivity index (χ1v) is 14.3. The SMILES string of the molecule is [C-]#[N+]c1ncc(N2C(=O)C3(CCC3)N(c3ccc(OCCN4CCS(=O)(=O)CC4)c(F)c3)C2=S)cc1C. The molecule has 1 saturated carbocycles. The van der Waals surface area contributed by atoms with E-state index in [1.54, 1.807) is 24.0 Å². The zero-order valence-electron chi connectivity index (χ0n) is 20.3. The number of halogens is 1. The van der Waals surface area contributed by atoms with Gasteiger partial charge in [-0.2, -0.15) is 0 Å². The summed E-state index contributed by atoms with van der Waals surface area (Å²) in [7, 11) is -2.96. The van der Waals surface area contributed by atoms with Gasteiger partial charge in [-0.3, -0.25) is 14.6 Å². The molecule has 5 rings (SSSR count). The van der Waals surface area contributed by atoms with Crippen molar-refractivity contribution in [3.05, 3.63) is 53.3 Å². The van der Waals surface area contributed by atoms with Gasteiger partial charge in [0.1, 0.15) is 18.3 Å². The zero-order chi connectivity index (χ0) is 26.4. The number of benzene rings is 1. The Kier molecular flexibility index (Phi) is 6.64. The number of carbonyl (C=O) groups is 1. The van der Waals surface area contributed by atoms with Crippen molar-refractivity contribution in [3.63, 3.8) is 0 Å². The topological polar surface area (TPSA) is 87.4 Å². The highest BCUT2D eigenvalue weighted by atomic mass is 32.2. The lowest BCUT2D eigenvalue weighted by molar-refractivity contribution is -0.123. The van der Waals surface area contributed by atoms with Gasteiger partial charge in [0, 0.05) is 31.4 Å². The van der Waals surface area contributed by atoms with Gasteiger partial charge in [0.25, 0.3) is 11.7 Å². The first-order valence-electron chi connectivity index (χ1n) is 12.0. The number of thiocarbonyl (C=S) groups is 1. The second-order valence-corrected chi connectivity index (χ2v) is 12.2. The fraction of sp³-hybridized carbons (Fsp3) is 0.440. The third-order valence-electron chi connectivity index (χ3n) is 7.27. The van der Waals surface area contributed by atoms with Crippen LogP contribution in [0.25, 0.3) is 4.85 Å². The van der Waals surface area contributed by atoms with Crippen molar-refractivity contribution in [2.45, 2.75) is 31.7 Å². The molecule has 2 aliphatic heterocycles. The van der Waals surface area contributed by atoms with Crippen molar-refractivity contribution >= 4 is 50.3 Å². The van der Waals surface area contributed by atoms with Crippen molar-refractivity contribution in [1.82, 2.24) is 9.88 Å². The van der Waals surface area contributed by atoms with Crippen LogP contribution in [0.15, 0.2) is 30.5 Å². The van der Waals surface area contributed by atoms with Crippen molar-refractivity contribution in [3.8, 4) is 5.75 Å². The molecular formula is C25H26FN5O4S2. The molecule has 0 atom stereocenters. The summed E-state index contributed by atoms with van der Waals surface area (Å²) in [5, 5.41) is 0.245. The Balaban J connectivity index is 1.33. The Labute approximate surface area is 220 Å². The van der Waals surface area contributed by atoms with E-state index >= 15 is 4.39 Å². The molecule has 1 aromatic carbocycles. The van der Waals surface area contributed by atoms with E-state index < -0.39 is 21.2 Å². The number of rotatable bonds is 6. The van der Waals surface area contributed by atoms with E-state index in [1.165, 1.54) is 23.2 Å². The summed E-state index contributed by atoms with van der Waals surface area (Å²) in [6.45, 7) is 10.6. The average Bonchev–Trinajstić information content (AvgIpc) is 3.07. The van der Waals surface area contributed by atoms with E-state index in [1.807, 2.05) is 4.90 Å². The summed E-state index contributed by atoms with van der Waals surface area (Å²) in [6.07, 6.45) is 3.52. The molecule has 12 heteroatoms. The summed E-state index contributed by atoms with van der Waals surface area (Å²) in [4.78, 5) is 26.3. The molecule has 0 bridgehead atoms. The quantitative estimate of drug-likeness (QED) is 0.406.